The van der Waals surface area contributed by atoms with Gasteiger partial charge in [-0.1, -0.05) is 48.5 Å². The number of hydrogen-bond donors (Lipinski definition) is 1. The number of piperazine rings is 2. The Labute approximate surface area is 148 Å². The fraction of sp³-hybridized carbons (Fsp3) is 0.400. The van der Waals surface area contributed by atoms with Crippen LogP contribution in [0, 0.1) is 0 Å². The van der Waals surface area contributed by atoms with Gasteiger partial charge in [0.25, 0.3) is 0 Å². The van der Waals surface area contributed by atoms with E-state index in [1.165, 1.54) is 5.69 Å². The van der Waals surface area contributed by atoms with Gasteiger partial charge in [0.1, 0.15) is 5.66 Å². The largest absolute Gasteiger partial charge is 0.369 e. The van der Waals surface area contributed by atoms with Crippen LogP contribution < -0.4 is 10.2 Å². The summed E-state index contributed by atoms with van der Waals surface area (Å²) >= 11 is 0. The Morgan fingerprint density at radius 2 is 1.44 bits per heavy atom. The van der Waals surface area contributed by atoms with Gasteiger partial charge in [-0.2, -0.15) is 0 Å². The van der Waals surface area contributed by atoms with Crippen molar-refractivity contribution in [2.45, 2.75) is 5.66 Å². The lowest BCUT2D eigenvalue weighted by Crippen LogP contribution is -2.68. The molecule has 25 heavy (non-hydrogen) atoms. The summed E-state index contributed by atoms with van der Waals surface area (Å²) in [6, 6.07) is 20.8. The summed E-state index contributed by atoms with van der Waals surface area (Å²) in [6.45, 7) is 5.18. The third-order valence-corrected chi connectivity index (χ3v) is 5.36. The van der Waals surface area contributed by atoms with Crippen molar-refractivity contribution in [3.63, 3.8) is 0 Å². The second-order valence-corrected chi connectivity index (χ2v) is 6.81. The van der Waals surface area contributed by atoms with Crippen LogP contribution in [0.5, 0.6) is 0 Å². The molecule has 1 unspecified atom stereocenters. The molecule has 1 atom stereocenters. The van der Waals surface area contributed by atoms with Crippen LogP contribution in [0.15, 0.2) is 60.7 Å². The van der Waals surface area contributed by atoms with E-state index < -0.39 is 5.66 Å². The lowest BCUT2D eigenvalue weighted by molar-refractivity contribution is -0.0907. The van der Waals surface area contributed by atoms with Crippen LogP contribution in [-0.4, -0.2) is 55.8 Å². The molecule has 0 saturated carbocycles. The Morgan fingerprint density at radius 3 is 2.08 bits per heavy atom. The molecule has 2 aliphatic rings. The second kappa shape index (κ2) is 7.12. The van der Waals surface area contributed by atoms with E-state index in [4.69, 9.17) is 0 Å². The molecule has 2 aromatic carbocycles. The van der Waals surface area contributed by atoms with Crippen molar-refractivity contribution >= 4 is 5.69 Å². The van der Waals surface area contributed by atoms with Gasteiger partial charge in [0.2, 0.25) is 0 Å². The average Bonchev–Trinajstić information content (AvgIpc) is 2.69. The molecule has 2 saturated heterocycles. The van der Waals surface area contributed by atoms with Crippen LogP contribution in [0.3, 0.4) is 0 Å². The molecule has 4 rings (SSSR count). The number of hydrogen-bond acceptors (Lipinski definition) is 4. The number of nitrogens with one attached hydrogen (secondary N) is 1. The Bertz CT molecular complexity index is 673. The molecule has 5 heteroatoms. The minimum Gasteiger partial charge on any atom is -0.369 e. The van der Waals surface area contributed by atoms with Gasteiger partial charge >= 0.3 is 0 Å². The van der Waals surface area contributed by atoms with E-state index in [-0.39, 0.29) is 0 Å². The number of anilines is 1. The van der Waals surface area contributed by atoms with Crippen molar-refractivity contribution in [1.82, 2.24) is 15.3 Å². The molecule has 2 aliphatic heterocycles. The molecule has 132 valence electrons. The first-order valence-electron chi connectivity index (χ1n) is 9.04. The summed E-state index contributed by atoms with van der Waals surface area (Å²) in [5.74, 6) is 0. The van der Waals surface area contributed by atoms with Crippen molar-refractivity contribution in [3.8, 4) is 0 Å². The van der Waals surface area contributed by atoms with Crippen molar-refractivity contribution in [2.24, 2.45) is 0 Å². The SMILES string of the molecule is FN1CCNC(c2ccccc2)(N2CCN(c3ccccc3)CC2)C1. The van der Waals surface area contributed by atoms with E-state index in [1.54, 1.807) is 0 Å². The highest BCUT2D eigenvalue weighted by molar-refractivity contribution is 5.46. The number of nitrogens with zero attached hydrogens (tertiary/aromatic N) is 3. The molecule has 1 N–H and O–H groups in total. The maximum atomic E-state index is 14.2. The zero-order valence-electron chi connectivity index (χ0n) is 14.4. The van der Waals surface area contributed by atoms with E-state index in [1.807, 2.05) is 24.3 Å². The molecule has 0 aromatic heterocycles. The molecule has 4 nitrogen and oxygen atoms in total. The smallest absolute Gasteiger partial charge is 0.113 e. The quantitative estimate of drug-likeness (QED) is 0.867. The van der Waals surface area contributed by atoms with E-state index in [0.29, 0.717) is 19.6 Å². The Balaban J connectivity index is 1.55. The summed E-state index contributed by atoms with van der Waals surface area (Å²) < 4.78 is 14.2. The number of rotatable bonds is 3. The van der Waals surface area contributed by atoms with Gasteiger partial charge < -0.3 is 4.90 Å². The third kappa shape index (κ3) is 3.27. The topological polar surface area (TPSA) is 21.8 Å². The fourth-order valence-electron chi connectivity index (χ4n) is 4.05. The van der Waals surface area contributed by atoms with Crippen LogP contribution >= 0.6 is 0 Å². The summed E-state index contributed by atoms with van der Waals surface area (Å²) in [6.07, 6.45) is 0. The second-order valence-electron chi connectivity index (χ2n) is 6.81. The van der Waals surface area contributed by atoms with Crippen LogP contribution in [0.1, 0.15) is 5.56 Å². The van der Waals surface area contributed by atoms with Gasteiger partial charge in [0.05, 0.1) is 6.54 Å². The molecule has 0 amide bonds. The summed E-state index contributed by atoms with van der Waals surface area (Å²) in [4.78, 5) is 4.82. The van der Waals surface area contributed by atoms with Gasteiger partial charge in [0, 0.05) is 45.0 Å². The predicted molar refractivity (Wildman–Crippen MR) is 99.0 cm³/mol. The maximum absolute atomic E-state index is 14.2. The zero-order valence-corrected chi connectivity index (χ0v) is 14.4. The van der Waals surface area contributed by atoms with Gasteiger partial charge in [0.15, 0.2) is 0 Å². The Kier molecular flexibility index (Phi) is 4.70. The molecular weight excluding hydrogens is 315 g/mol. The molecule has 0 bridgehead atoms. The first kappa shape index (κ1) is 16.5. The van der Waals surface area contributed by atoms with Crippen molar-refractivity contribution in [2.75, 3.05) is 50.7 Å². The van der Waals surface area contributed by atoms with E-state index in [9.17, 15) is 4.48 Å². The van der Waals surface area contributed by atoms with Gasteiger partial charge in [-0.05, 0) is 17.7 Å². The highest BCUT2D eigenvalue weighted by atomic mass is 19.2. The van der Waals surface area contributed by atoms with Crippen molar-refractivity contribution < 1.29 is 4.48 Å². The first-order valence-corrected chi connectivity index (χ1v) is 9.04. The van der Waals surface area contributed by atoms with Gasteiger partial charge in [-0.15, -0.1) is 9.60 Å². The molecule has 0 aliphatic carbocycles. The predicted octanol–water partition coefficient (Wildman–Crippen LogP) is 2.45. The number of para-hydroxylation sites is 1. The van der Waals surface area contributed by atoms with Gasteiger partial charge in [-0.25, -0.2) is 0 Å². The number of halogens is 1. The molecule has 2 fully saturated rings. The Morgan fingerprint density at radius 1 is 0.800 bits per heavy atom. The summed E-state index contributed by atoms with van der Waals surface area (Å²) in [5, 5.41) is 4.58. The fourth-order valence-corrected chi connectivity index (χ4v) is 4.05. The first-order chi connectivity index (χ1) is 12.3. The standard InChI is InChI=1S/C20H25FN4/c21-25-12-11-22-20(17-25,18-7-3-1-4-8-18)24-15-13-23(14-16-24)19-9-5-2-6-10-19/h1-10,22H,11-17H2. The highest BCUT2D eigenvalue weighted by Crippen LogP contribution is 2.31. The maximum Gasteiger partial charge on any atom is 0.113 e. The third-order valence-electron chi connectivity index (χ3n) is 5.36. The Hall–Kier alpha value is -1.95. The van der Waals surface area contributed by atoms with E-state index in [2.05, 4.69) is 51.5 Å². The van der Waals surface area contributed by atoms with Crippen LogP contribution in [0.2, 0.25) is 0 Å². The number of benzene rings is 2. The minimum absolute atomic E-state index is 0.363. The summed E-state index contributed by atoms with van der Waals surface area (Å²) in [7, 11) is 0. The molecular formula is C20H25FN4. The minimum atomic E-state index is -0.447. The summed E-state index contributed by atoms with van der Waals surface area (Å²) in [5.41, 5.74) is 1.96. The highest BCUT2D eigenvalue weighted by Gasteiger charge is 2.43. The molecule has 0 radical (unpaired) electrons. The van der Waals surface area contributed by atoms with Crippen LogP contribution in [-0.2, 0) is 5.66 Å². The lowest BCUT2D eigenvalue weighted by atomic mass is 9.94. The molecule has 0 spiro atoms. The monoisotopic (exact) mass is 340 g/mol. The van der Waals surface area contributed by atoms with Crippen LogP contribution in [0.4, 0.5) is 10.2 Å². The van der Waals surface area contributed by atoms with Crippen molar-refractivity contribution in [3.05, 3.63) is 66.2 Å². The average molecular weight is 340 g/mol. The lowest BCUT2D eigenvalue weighted by Gasteiger charge is -2.51. The van der Waals surface area contributed by atoms with Crippen LogP contribution in [0.25, 0.3) is 0 Å². The van der Waals surface area contributed by atoms with Crippen molar-refractivity contribution in [1.29, 1.82) is 0 Å². The molecule has 2 aromatic rings. The normalized spacial score (nSPS) is 25.9. The van der Waals surface area contributed by atoms with Gasteiger partial charge in [-0.3, -0.25) is 10.2 Å². The molecule has 2 heterocycles. The van der Waals surface area contributed by atoms with E-state index >= 15 is 0 Å². The van der Waals surface area contributed by atoms with E-state index in [0.717, 1.165) is 36.9 Å². The zero-order chi connectivity index (χ0) is 17.1.